The number of aromatic nitrogens is 1. The summed E-state index contributed by atoms with van der Waals surface area (Å²) in [5.74, 6) is 0.190. The van der Waals surface area contributed by atoms with E-state index in [2.05, 4.69) is 4.98 Å². The summed E-state index contributed by atoms with van der Waals surface area (Å²) in [6.07, 6.45) is 0. The molecule has 0 radical (unpaired) electrons. The number of hydrogen-bond donors (Lipinski definition) is 1. The second kappa shape index (κ2) is 3.87. The van der Waals surface area contributed by atoms with E-state index >= 15 is 0 Å². The van der Waals surface area contributed by atoms with Crippen LogP contribution in [-0.2, 0) is 5.88 Å². The first-order chi connectivity index (χ1) is 7.13. The Kier molecular flexibility index (Phi) is 2.72. The van der Waals surface area contributed by atoms with Crippen molar-refractivity contribution in [1.29, 1.82) is 0 Å². The smallest absolute Gasteiger partial charge is 0.252 e. The molecular weight excluding hydrogens is 233 g/mol. The highest BCUT2D eigenvalue weighted by Gasteiger charge is 2.06. The van der Waals surface area contributed by atoms with Crippen molar-refractivity contribution in [3.63, 3.8) is 0 Å². The Morgan fingerprint density at radius 2 is 2.13 bits per heavy atom. The molecule has 0 saturated heterocycles. The Bertz CT molecular complexity index is 575. The van der Waals surface area contributed by atoms with Gasteiger partial charge in [-0.1, -0.05) is 17.7 Å². The van der Waals surface area contributed by atoms with Crippen molar-refractivity contribution < 1.29 is 0 Å². The molecule has 4 heteroatoms. The van der Waals surface area contributed by atoms with Crippen molar-refractivity contribution in [3.05, 3.63) is 44.7 Å². The number of rotatable bonds is 1. The molecule has 0 bridgehead atoms. The topological polar surface area (TPSA) is 32.9 Å². The maximum atomic E-state index is 11.5. The molecule has 0 aliphatic rings. The fourth-order valence-corrected chi connectivity index (χ4v) is 1.95. The highest BCUT2D eigenvalue weighted by atomic mass is 35.5. The summed E-state index contributed by atoms with van der Waals surface area (Å²) in [5.41, 5.74) is 2.16. The molecule has 0 aliphatic heterocycles. The number of pyridine rings is 1. The van der Waals surface area contributed by atoms with Crippen molar-refractivity contribution >= 4 is 34.1 Å². The summed E-state index contributed by atoms with van der Waals surface area (Å²) in [5, 5.41) is 1.46. The van der Waals surface area contributed by atoms with E-state index in [4.69, 9.17) is 23.2 Å². The molecule has 0 aliphatic carbocycles. The van der Waals surface area contributed by atoms with Gasteiger partial charge in [0, 0.05) is 16.0 Å². The van der Waals surface area contributed by atoms with Gasteiger partial charge in [-0.3, -0.25) is 4.79 Å². The lowest BCUT2D eigenvalue weighted by atomic mass is 10.1. The van der Waals surface area contributed by atoms with Gasteiger partial charge in [0.05, 0.1) is 11.4 Å². The minimum atomic E-state index is -0.150. The van der Waals surface area contributed by atoms with Crippen LogP contribution in [0.25, 0.3) is 10.9 Å². The van der Waals surface area contributed by atoms with Crippen LogP contribution in [0.3, 0.4) is 0 Å². The van der Waals surface area contributed by atoms with Crippen molar-refractivity contribution in [2.45, 2.75) is 12.8 Å². The van der Waals surface area contributed by atoms with Crippen molar-refractivity contribution in [3.8, 4) is 0 Å². The molecule has 1 aromatic heterocycles. The summed E-state index contributed by atoms with van der Waals surface area (Å²) in [7, 11) is 0. The Morgan fingerprint density at radius 1 is 1.40 bits per heavy atom. The number of fused-ring (bicyclic) bond motifs is 1. The molecule has 2 nitrogen and oxygen atoms in total. The molecule has 15 heavy (non-hydrogen) atoms. The molecule has 0 spiro atoms. The molecule has 0 unspecified atom stereocenters. The van der Waals surface area contributed by atoms with Crippen LogP contribution in [-0.4, -0.2) is 4.98 Å². The van der Waals surface area contributed by atoms with E-state index in [1.165, 1.54) is 0 Å². The molecule has 1 N–H and O–H groups in total. The normalized spacial score (nSPS) is 10.9. The second-order valence-electron chi connectivity index (χ2n) is 3.41. The van der Waals surface area contributed by atoms with Gasteiger partial charge in [-0.15, -0.1) is 11.6 Å². The largest absolute Gasteiger partial charge is 0.321 e. The number of aryl methyl sites for hydroxylation is 1. The number of alkyl halides is 1. The van der Waals surface area contributed by atoms with E-state index in [0.717, 1.165) is 16.5 Å². The van der Waals surface area contributed by atoms with E-state index < -0.39 is 0 Å². The summed E-state index contributed by atoms with van der Waals surface area (Å²) in [6, 6.07) is 5.44. The second-order valence-corrected chi connectivity index (χ2v) is 4.08. The lowest BCUT2D eigenvalue weighted by Gasteiger charge is -2.05. The lowest BCUT2D eigenvalue weighted by molar-refractivity contribution is 1.20. The molecule has 0 atom stereocenters. The molecule has 1 heterocycles. The fourth-order valence-electron chi connectivity index (χ4n) is 1.54. The Hall–Kier alpha value is -0.990. The first-order valence-corrected chi connectivity index (χ1v) is 5.41. The van der Waals surface area contributed by atoms with Gasteiger partial charge in [0.2, 0.25) is 0 Å². The predicted molar refractivity (Wildman–Crippen MR) is 63.9 cm³/mol. The first kappa shape index (κ1) is 10.5. The number of hydrogen-bond acceptors (Lipinski definition) is 1. The number of aromatic amines is 1. The zero-order valence-corrected chi connectivity index (χ0v) is 9.62. The Balaban J connectivity index is 2.92. The van der Waals surface area contributed by atoms with E-state index in [0.29, 0.717) is 10.6 Å². The average Bonchev–Trinajstić information content (AvgIpc) is 2.23. The Labute approximate surface area is 96.8 Å². The standard InChI is InChI=1S/C11H9Cl2NO/c1-6-2-3-9(13)8-4-7(5-12)11(15)14-10(6)8/h2-4H,5H2,1H3,(H,14,15). The van der Waals surface area contributed by atoms with Crippen molar-refractivity contribution in [2.75, 3.05) is 0 Å². The van der Waals surface area contributed by atoms with Crippen LogP contribution in [0.1, 0.15) is 11.1 Å². The van der Waals surface area contributed by atoms with E-state index in [1.54, 1.807) is 6.07 Å². The number of benzene rings is 1. The van der Waals surface area contributed by atoms with Gasteiger partial charge in [0.15, 0.2) is 0 Å². The molecular formula is C11H9Cl2NO. The molecule has 0 amide bonds. The molecule has 1 aromatic carbocycles. The third-order valence-electron chi connectivity index (χ3n) is 2.39. The number of halogens is 2. The fraction of sp³-hybridized carbons (Fsp3) is 0.182. The predicted octanol–water partition coefficient (Wildman–Crippen LogP) is 3.23. The highest BCUT2D eigenvalue weighted by molar-refractivity contribution is 6.35. The van der Waals surface area contributed by atoms with Crippen LogP contribution in [0.4, 0.5) is 0 Å². The maximum Gasteiger partial charge on any atom is 0.252 e. The van der Waals surface area contributed by atoms with Gasteiger partial charge in [-0.05, 0) is 24.6 Å². The number of H-pyrrole nitrogens is 1. The monoisotopic (exact) mass is 241 g/mol. The lowest BCUT2D eigenvalue weighted by Crippen LogP contribution is -2.11. The molecule has 0 saturated carbocycles. The van der Waals surface area contributed by atoms with Crippen LogP contribution < -0.4 is 5.56 Å². The SMILES string of the molecule is Cc1ccc(Cl)c2cc(CCl)c(=O)[nH]c12. The Morgan fingerprint density at radius 3 is 2.80 bits per heavy atom. The summed E-state index contributed by atoms with van der Waals surface area (Å²) >= 11 is 11.7. The number of nitrogens with one attached hydrogen (secondary N) is 1. The zero-order chi connectivity index (χ0) is 11.0. The third-order valence-corrected chi connectivity index (χ3v) is 3.01. The maximum absolute atomic E-state index is 11.5. The van der Waals surface area contributed by atoms with Crippen molar-refractivity contribution in [1.82, 2.24) is 4.98 Å². The van der Waals surface area contributed by atoms with E-state index in [9.17, 15) is 4.79 Å². The molecule has 2 rings (SSSR count). The molecule has 2 aromatic rings. The van der Waals surface area contributed by atoms with Crippen LogP contribution >= 0.6 is 23.2 Å². The molecule has 78 valence electrons. The minimum absolute atomic E-state index is 0.150. The van der Waals surface area contributed by atoms with Crippen molar-refractivity contribution in [2.24, 2.45) is 0 Å². The van der Waals surface area contributed by atoms with Crippen LogP contribution in [0.15, 0.2) is 23.0 Å². The quantitative estimate of drug-likeness (QED) is 0.765. The van der Waals surface area contributed by atoms with Gasteiger partial charge in [-0.2, -0.15) is 0 Å². The van der Waals surface area contributed by atoms with Crippen LogP contribution in [0.2, 0.25) is 5.02 Å². The van der Waals surface area contributed by atoms with Gasteiger partial charge in [-0.25, -0.2) is 0 Å². The molecule has 0 fully saturated rings. The third kappa shape index (κ3) is 1.75. The zero-order valence-electron chi connectivity index (χ0n) is 8.10. The van der Waals surface area contributed by atoms with Crippen LogP contribution in [0, 0.1) is 6.92 Å². The van der Waals surface area contributed by atoms with Gasteiger partial charge >= 0.3 is 0 Å². The van der Waals surface area contributed by atoms with Gasteiger partial charge in [0.25, 0.3) is 5.56 Å². The van der Waals surface area contributed by atoms with E-state index in [1.807, 2.05) is 19.1 Å². The summed E-state index contributed by atoms with van der Waals surface area (Å²) in [4.78, 5) is 14.3. The first-order valence-electron chi connectivity index (χ1n) is 4.50. The minimum Gasteiger partial charge on any atom is -0.321 e. The highest BCUT2D eigenvalue weighted by Crippen LogP contribution is 2.24. The van der Waals surface area contributed by atoms with Gasteiger partial charge < -0.3 is 4.98 Å². The summed E-state index contributed by atoms with van der Waals surface area (Å²) < 4.78 is 0. The van der Waals surface area contributed by atoms with E-state index in [-0.39, 0.29) is 11.4 Å². The van der Waals surface area contributed by atoms with Crippen LogP contribution in [0.5, 0.6) is 0 Å². The average molecular weight is 242 g/mol. The summed E-state index contributed by atoms with van der Waals surface area (Å²) in [6.45, 7) is 1.93. The van der Waals surface area contributed by atoms with Gasteiger partial charge in [0.1, 0.15) is 0 Å².